The van der Waals surface area contributed by atoms with E-state index in [1.807, 2.05) is 6.92 Å². The van der Waals surface area contributed by atoms with E-state index in [1.165, 1.54) is 6.07 Å². The number of aromatic nitrogens is 2. The minimum atomic E-state index is -0.440. The van der Waals surface area contributed by atoms with Crippen LogP contribution >= 0.6 is 15.9 Å². The molecule has 0 bridgehead atoms. The van der Waals surface area contributed by atoms with Gasteiger partial charge in [-0.1, -0.05) is 15.9 Å². The zero-order valence-corrected chi connectivity index (χ0v) is 12.4. The predicted molar refractivity (Wildman–Crippen MR) is 75.2 cm³/mol. The Morgan fingerprint density at radius 3 is 2.68 bits per heavy atom. The quantitative estimate of drug-likeness (QED) is 0.931. The Labute approximate surface area is 119 Å². The van der Waals surface area contributed by atoms with Gasteiger partial charge in [0.1, 0.15) is 11.6 Å². The Hall–Kier alpha value is -1.69. The first-order chi connectivity index (χ1) is 9.01. The van der Waals surface area contributed by atoms with E-state index in [9.17, 15) is 4.39 Å². The molecule has 0 atom stereocenters. The van der Waals surface area contributed by atoms with Crippen molar-refractivity contribution in [3.63, 3.8) is 0 Å². The first-order valence-electron chi connectivity index (χ1n) is 5.67. The summed E-state index contributed by atoms with van der Waals surface area (Å²) in [5, 5.41) is 2.95. The fourth-order valence-electron chi connectivity index (χ4n) is 1.61. The van der Waals surface area contributed by atoms with E-state index in [4.69, 9.17) is 4.74 Å². The van der Waals surface area contributed by atoms with Crippen molar-refractivity contribution in [3.8, 4) is 11.6 Å². The van der Waals surface area contributed by atoms with Gasteiger partial charge in [-0.2, -0.15) is 4.98 Å². The smallest absolute Gasteiger partial charge is 0.227 e. The van der Waals surface area contributed by atoms with Gasteiger partial charge in [-0.05, 0) is 32.0 Å². The molecule has 0 saturated heterocycles. The van der Waals surface area contributed by atoms with Crippen molar-refractivity contribution in [2.45, 2.75) is 13.8 Å². The maximum Gasteiger partial charge on any atom is 0.227 e. The molecule has 0 amide bonds. The topological polar surface area (TPSA) is 47.0 Å². The number of anilines is 1. The molecule has 0 spiro atoms. The number of halogens is 2. The molecular formula is C13H13BrFN3O. The molecule has 1 aromatic heterocycles. The van der Waals surface area contributed by atoms with Gasteiger partial charge in [0.2, 0.25) is 5.88 Å². The van der Waals surface area contributed by atoms with Gasteiger partial charge in [-0.3, -0.25) is 0 Å². The zero-order chi connectivity index (χ0) is 14.0. The van der Waals surface area contributed by atoms with Crippen LogP contribution in [-0.4, -0.2) is 17.0 Å². The standard InChI is InChI=1S/C13H13BrFN3O/c1-7-12(16-3)17-8(2)18-13(7)19-11-6-9(14)4-5-10(11)15/h4-6H,1-3H3,(H,16,17,18). The van der Waals surface area contributed by atoms with Crippen LogP contribution in [0.5, 0.6) is 11.6 Å². The van der Waals surface area contributed by atoms with E-state index in [0.29, 0.717) is 17.5 Å². The molecule has 0 aliphatic heterocycles. The highest BCUT2D eigenvalue weighted by Crippen LogP contribution is 2.30. The fourth-order valence-corrected chi connectivity index (χ4v) is 1.95. The van der Waals surface area contributed by atoms with Gasteiger partial charge < -0.3 is 10.1 Å². The number of ether oxygens (including phenoxy) is 1. The Bertz CT molecular complexity index is 619. The van der Waals surface area contributed by atoms with E-state index in [0.717, 1.165) is 10.0 Å². The van der Waals surface area contributed by atoms with E-state index < -0.39 is 5.82 Å². The van der Waals surface area contributed by atoms with Gasteiger partial charge in [-0.25, -0.2) is 9.37 Å². The van der Waals surface area contributed by atoms with Crippen molar-refractivity contribution in [1.29, 1.82) is 0 Å². The fraction of sp³-hybridized carbons (Fsp3) is 0.231. The van der Waals surface area contributed by atoms with Gasteiger partial charge in [0.15, 0.2) is 11.6 Å². The molecule has 0 radical (unpaired) electrons. The molecule has 0 aliphatic rings. The second kappa shape index (κ2) is 5.52. The van der Waals surface area contributed by atoms with Crippen LogP contribution in [0.3, 0.4) is 0 Å². The van der Waals surface area contributed by atoms with Gasteiger partial charge in [-0.15, -0.1) is 0 Å². The number of nitrogens with zero attached hydrogens (tertiary/aromatic N) is 2. The first kappa shape index (κ1) is 13.7. The van der Waals surface area contributed by atoms with E-state index in [-0.39, 0.29) is 5.75 Å². The summed E-state index contributed by atoms with van der Waals surface area (Å²) in [6, 6.07) is 4.51. The van der Waals surface area contributed by atoms with Gasteiger partial charge in [0.25, 0.3) is 0 Å². The van der Waals surface area contributed by atoms with Gasteiger partial charge in [0, 0.05) is 11.5 Å². The molecule has 2 rings (SSSR count). The Kier molecular flexibility index (Phi) is 3.99. The van der Waals surface area contributed by atoms with Crippen LogP contribution in [0, 0.1) is 19.7 Å². The van der Waals surface area contributed by atoms with E-state index in [1.54, 1.807) is 26.1 Å². The lowest BCUT2D eigenvalue weighted by atomic mass is 10.3. The van der Waals surface area contributed by atoms with Gasteiger partial charge in [0.05, 0.1) is 5.56 Å². The lowest BCUT2D eigenvalue weighted by Crippen LogP contribution is -2.03. The highest BCUT2D eigenvalue weighted by atomic mass is 79.9. The Morgan fingerprint density at radius 2 is 2.00 bits per heavy atom. The van der Waals surface area contributed by atoms with Crippen molar-refractivity contribution < 1.29 is 9.13 Å². The number of rotatable bonds is 3. The van der Waals surface area contributed by atoms with Crippen LogP contribution in [0.1, 0.15) is 11.4 Å². The van der Waals surface area contributed by atoms with Crippen molar-refractivity contribution in [3.05, 3.63) is 39.9 Å². The molecule has 1 aromatic carbocycles. The summed E-state index contributed by atoms with van der Waals surface area (Å²) >= 11 is 3.28. The summed E-state index contributed by atoms with van der Waals surface area (Å²) < 4.78 is 20.0. The molecule has 19 heavy (non-hydrogen) atoms. The number of aryl methyl sites for hydroxylation is 1. The molecule has 1 N–H and O–H groups in total. The summed E-state index contributed by atoms with van der Waals surface area (Å²) in [6.07, 6.45) is 0. The van der Waals surface area contributed by atoms with Crippen molar-refractivity contribution in [2.75, 3.05) is 12.4 Å². The normalized spacial score (nSPS) is 10.4. The van der Waals surface area contributed by atoms with E-state index in [2.05, 4.69) is 31.2 Å². The molecule has 2 aromatic rings. The molecule has 1 heterocycles. The van der Waals surface area contributed by atoms with Crippen molar-refractivity contribution in [2.24, 2.45) is 0 Å². The van der Waals surface area contributed by atoms with Crippen LogP contribution in [0.15, 0.2) is 22.7 Å². The third kappa shape index (κ3) is 3.01. The third-order valence-electron chi connectivity index (χ3n) is 2.55. The third-order valence-corrected chi connectivity index (χ3v) is 3.04. The molecule has 100 valence electrons. The van der Waals surface area contributed by atoms with Crippen LogP contribution < -0.4 is 10.1 Å². The highest BCUT2D eigenvalue weighted by Gasteiger charge is 2.12. The summed E-state index contributed by atoms with van der Waals surface area (Å²) in [5.41, 5.74) is 0.729. The lowest BCUT2D eigenvalue weighted by molar-refractivity contribution is 0.422. The molecule has 0 aliphatic carbocycles. The van der Waals surface area contributed by atoms with Crippen molar-refractivity contribution >= 4 is 21.7 Å². The summed E-state index contributed by atoms with van der Waals surface area (Å²) in [5.74, 6) is 1.25. The SMILES string of the molecule is CNc1nc(C)nc(Oc2cc(Br)ccc2F)c1C. The molecular weight excluding hydrogens is 313 g/mol. The molecule has 4 nitrogen and oxygen atoms in total. The molecule has 0 saturated carbocycles. The number of hydrogen-bond acceptors (Lipinski definition) is 4. The molecule has 0 unspecified atom stereocenters. The summed E-state index contributed by atoms with van der Waals surface area (Å²) in [7, 11) is 1.76. The first-order valence-corrected chi connectivity index (χ1v) is 6.46. The second-order valence-electron chi connectivity index (χ2n) is 3.98. The molecule has 6 heteroatoms. The van der Waals surface area contributed by atoms with Crippen LogP contribution in [0.25, 0.3) is 0 Å². The maximum atomic E-state index is 13.7. The van der Waals surface area contributed by atoms with Crippen LogP contribution in [0.2, 0.25) is 0 Å². The predicted octanol–water partition coefficient (Wildman–Crippen LogP) is 3.83. The average molecular weight is 326 g/mol. The average Bonchev–Trinajstić information content (AvgIpc) is 2.37. The highest BCUT2D eigenvalue weighted by molar-refractivity contribution is 9.10. The minimum absolute atomic E-state index is 0.123. The Balaban J connectivity index is 2.43. The number of hydrogen-bond donors (Lipinski definition) is 1. The second-order valence-corrected chi connectivity index (χ2v) is 4.89. The number of benzene rings is 1. The lowest BCUT2D eigenvalue weighted by Gasteiger charge is -2.12. The van der Waals surface area contributed by atoms with Gasteiger partial charge >= 0.3 is 0 Å². The summed E-state index contributed by atoms with van der Waals surface area (Å²) in [6.45, 7) is 3.57. The zero-order valence-electron chi connectivity index (χ0n) is 10.8. The molecule has 0 fully saturated rings. The maximum absolute atomic E-state index is 13.7. The van der Waals surface area contributed by atoms with Crippen LogP contribution in [0.4, 0.5) is 10.2 Å². The van der Waals surface area contributed by atoms with E-state index >= 15 is 0 Å². The van der Waals surface area contributed by atoms with Crippen LogP contribution in [-0.2, 0) is 0 Å². The monoisotopic (exact) mass is 325 g/mol. The summed E-state index contributed by atoms with van der Waals surface area (Å²) in [4.78, 5) is 8.42. The minimum Gasteiger partial charge on any atom is -0.435 e. The largest absolute Gasteiger partial charge is 0.435 e. The number of nitrogens with one attached hydrogen (secondary N) is 1. The Morgan fingerprint density at radius 1 is 1.26 bits per heavy atom. The van der Waals surface area contributed by atoms with Crippen molar-refractivity contribution in [1.82, 2.24) is 9.97 Å².